The predicted molar refractivity (Wildman–Crippen MR) is 123 cm³/mol. The van der Waals surface area contributed by atoms with E-state index < -0.39 is 4.92 Å². The Hall–Kier alpha value is -4.04. The van der Waals surface area contributed by atoms with Crippen molar-refractivity contribution in [2.75, 3.05) is 4.90 Å². The third kappa shape index (κ3) is 3.85. The largest absolute Gasteiger partial charge is 0.269 e. The molecular formula is C24H18ClN5O3. The number of nitro benzene ring substituents is 1. The van der Waals surface area contributed by atoms with E-state index in [1.54, 1.807) is 21.7 Å². The van der Waals surface area contributed by atoms with E-state index in [2.05, 4.69) is 10.1 Å². The van der Waals surface area contributed by atoms with Crippen molar-refractivity contribution in [3.05, 3.63) is 117 Å². The molecule has 0 fully saturated rings. The Morgan fingerprint density at radius 1 is 0.939 bits per heavy atom. The highest BCUT2D eigenvalue weighted by atomic mass is 35.5. The Morgan fingerprint density at radius 3 is 2.27 bits per heavy atom. The van der Waals surface area contributed by atoms with Crippen LogP contribution in [0.25, 0.3) is 0 Å². The standard InChI is InChI=1S/C24H18ClN5O3/c25-19-10-6-17(7-11-19)21-14-22(16-4-2-1-3-5-16)29-24(26-15-27-29)28(21)23(31)18-8-12-20(13-9-18)30(32)33/h1-13,15,21-22H,14H2/t21-,22+/m0/s1. The number of non-ortho nitro benzene ring substituents is 1. The van der Waals surface area contributed by atoms with Crippen LogP contribution in [0.4, 0.5) is 11.6 Å². The monoisotopic (exact) mass is 459 g/mol. The van der Waals surface area contributed by atoms with E-state index in [0.717, 1.165) is 11.1 Å². The first kappa shape index (κ1) is 20.8. The van der Waals surface area contributed by atoms with Crippen LogP contribution in [0.2, 0.25) is 5.02 Å². The van der Waals surface area contributed by atoms with E-state index >= 15 is 0 Å². The van der Waals surface area contributed by atoms with Crippen LogP contribution in [0.3, 0.4) is 0 Å². The van der Waals surface area contributed by atoms with Gasteiger partial charge in [-0.3, -0.25) is 19.8 Å². The molecule has 8 nitrogen and oxygen atoms in total. The lowest BCUT2D eigenvalue weighted by atomic mass is 9.91. The van der Waals surface area contributed by atoms with Crippen LogP contribution in [-0.4, -0.2) is 25.6 Å². The van der Waals surface area contributed by atoms with Gasteiger partial charge in [0, 0.05) is 22.7 Å². The minimum atomic E-state index is -0.493. The molecule has 1 aliphatic heterocycles. The number of benzene rings is 3. The fourth-order valence-electron chi connectivity index (χ4n) is 4.21. The summed E-state index contributed by atoms with van der Waals surface area (Å²) in [7, 11) is 0. The number of fused-ring (bicyclic) bond motifs is 1. The van der Waals surface area contributed by atoms with Crippen molar-refractivity contribution in [3.63, 3.8) is 0 Å². The zero-order chi connectivity index (χ0) is 22.9. The number of nitro groups is 1. The van der Waals surface area contributed by atoms with Crippen molar-refractivity contribution in [2.24, 2.45) is 0 Å². The van der Waals surface area contributed by atoms with Crippen LogP contribution in [0.1, 0.15) is 40.0 Å². The van der Waals surface area contributed by atoms with Crippen molar-refractivity contribution in [1.82, 2.24) is 14.8 Å². The predicted octanol–water partition coefficient (Wildman–Crippen LogP) is 5.22. The quantitative estimate of drug-likeness (QED) is 0.308. The van der Waals surface area contributed by atoms with Crippen molar-refractivity contribution >= 4 is 29.1 Å². The second-order valence-electron chi connectivity index (χ2n) is 7.71. The zero-order valence-corrected chi connectivity index (χ0v) is 18.0. The molecule has 0 spiro atoms. The van der Waals surface area contributed by atoms with Gasteiger partial charge in [-0.25, -0.2) is 4.68 Å². The van der Waals surface area contributed by atoms with Gasteiger partial charge in [0.15, 0.2) is 0 Å². The summed E-state index contributed by atoms with van der Waals surface area (Å²) < 4.78 is 1.76. The molecule has 2 heterocycles. The summed E-state index contributed by atoms with van der Waals surface area (Å²) in [6.45, 7) is 0. The number of aromatic nitrogens is 3. The summed E-state index contributed by atoms with van der Waals surface area (Å²) in [6.07, 6.45) is 2.01. The first-order chi connectivity index (χ1) is 16.0. The molecule has 1 aromatic heterocycles. The van der Waals surface area contributed by atoms with Gasteiger partial charge in [0.25, 0.3) is 11.6 Å². The van der Waals surface area contributed by atoms with E-state index in [-0.39, 0.29) is 23.7 Å². The number of nitrogens with zero attached hydrogens (tertiary/aromatic N) is 5. The van der Waals surface area contributed by atoms with Crippen LogP contribution in [0, 0.1) is 10.1 Å². The summed E-state index contributed by atoms with van der Waals surface area (Å²) in [5.41, 5.74) is 2.22. The number of amides is 1. The summed E-state index contributed by atoms with van der Waals surface area (Å²) in [5.74, 6) is 0.101. The Kier molecular flexibility index (Phi) is 5.35. The number of anilines is 1. The second kappa shape index (κ2) is 8.48. The molecule has 0 saturated carbocycles. The maximum Gasteiger partial charge on any atom is 0.269 e. The number of carbonyl (C=O) groups is 1. The lowest BCUT2D eigenvalue weighted by molar-refractivity contribution is -0.384. The summed E-state index contributed by atoms with van der Waals surface area (Å²) in [6, 6.07) is 22.5. The molecule has 0 radical (unpaired) electrons. The van der Waals surface area contributed by atoms with Gasteiger partial charge in [0.2, 0.25) is 5.95 Å². The molecular weight excluding hydrogens is 442 g/mol. The van der Waals surface area contributed by atoms with E-state index in [1.807, 2.05) is 42.5 Å². The highest BCUT2D eigenvalue weighted by molar-refractivity contribution is 6.30. The summed E-state index contributed by atoms with van der Waals surface area (Å²) >= 11 is 6.11. The Labute approximate surface area is 194 Å². The van der Waals surface area contributed by atoms with E-state index in [9.17, 15) is 14.9 Å². The topological polar surface area (TPSA) is 94.2 Å². The molecule has 2 atom stereocenters. The minimum Gasteiger partial charge on any atom is -0.269 e. The molecule has 4 aromatic rings. The van der Waals surface area contributed by atoms with Crippen LogP contribution >= 0.6 is 11.6 Å². The van der Waals surface area contributed by atoms with Crippen LogP contribution in [-0.2, 0) is 0 Å². The number of hydrogen-bond donors (Lipinski definition) is 0. The lowest BCUT2D eigenvalue weighted by Gasteiger charge is -2.39. The van der Waals surface area contributed by atoms with Crippen LogP contribution in [0.15, 0.2) is 85.2 Å². The Morgan fingerprint density at radius 2 is 1.61 bits per heavy atom. The Bertz CT molecular complexity index is 1310. The van der Waals surface area contributed by atoms with Gasteiger partial charge in [-0.15, -0.1) is 0 Å². The highest BCUT2D eigenvalue weighted by Gasteiger charge is 2.39. The smallest absolute Gasteiger partial charge is 0.269 e. The first-order valence-corrected chi connectivity index (χ1v) is 10.7. The molecule has 3 aromatic carbocycles. The zero-order valence-electron chi connectivity index (χ0n) is 17.3. The van der Waals surface area contributed by atoms with Crippen LogP contribution in [0.5, 0.6) is 0 Å². The van der Waals surface area contributed by atoms with Crippen LogP contribution < -0.4 is 4.90 Å². The SMILES string of the molecule is O=C(c1ccc([N+](=O)[O-])cc1)N1c2ncnn2[C@@H](c2ccccc2)C[C@H]1c1ccc(Cl)cc1. The van der Waals surface area contributed by atoms with Gasteiger partial charge in [0.05, 0.1) is 17.0 Å². The van der Waals surface area contributed by atoms with Gasteiger partial charge < -0.3 is 0 Å². The molecule has 164 valence electrons. The number of carbonyl (C=O) groups excluding carboxylic acids is 1. The normalized spacial score (nSPS) is 17.4. The second-order valence-corrected chi connectivity index (χ2v) is 8.15. The van der Waals surface area contributed by atoms with E-state index in [0.29, 0.717) is 23.0 Å². The fraction of sp³-hybridized carbons (Fsp3) is 0.125. The van der Waals surface area contributed by atoms with Crippen molar-refractivity contribution in [2.45, 2.75) is 18.5 Å². The molecule has 0 aliphatic carbocycles. The van der Waals surface area contributed by atoms with Crippen molar-refractivity contribution < 1.29 is 9.72 Å². The Balaban J connectivity index is 1.62. The van der Waals surface area contributed by atoms with Gasteiger partial charge in [0.1, 0.15) is 6.33 Å². The molecule has 0 saturated heterocycles. The molecule has 0 N–H and O–H groups in total. The highest BCUT2D eigenvalue weighted by Crippen LogP contribution is 2.42. The number of halogens is 1. The molecule has 0 bridgehead atoms. The van der Waals surface area contributed by atoms with Gasteiger partial charge in [-0.1, -0.05) is 54.1 Å². The van der Waals surface area contributed by atoms with E-state index in [1.165, 1.54) is 30.6 Å². The average molecular weight is 460 g/mol. The molecule has 1 aliphatic rings. The van der Waals surface area contributed by atoms with Crippen molar-refractivity contribution in [1.29, 1.82) is 0 Å². The lowest BCUT2D eigenvalue weighted by Crippen LogP contribution is -2.42. The van der Waals surface area contributed by atoms with Gasteiger partial charge in [-0.2, -0.15) is 10.1 Å². The molecule has 0 unspecified atom stereocenters. The fourth-order valence-corrected chi connectivity index (χ4v) is 4.34. The average Bonchev–Trinajstić information content (AvgIpc) is 3.33. The maximum atomic E-state index is 13.7. The van der Waals surface area contributed by atoms with E-state index in [4.69, 9.17) is 11.6 Å². The molecule has 9 heteroatoms. The van der Waals surface area contributed by atoms with Crippen molar-refractivity contribution in [3.8, 4) is 0 Å². The third-order valence-electron chi connectivity index (χ3n) is 5.81. The maximum absolute atomic E-state index is 13.7. The number of rotatable bonds is 4. The van der Waals surface area contributed by atoms with Gasteiger partial charge in [-0.05, 0) is 41.8 Å². The van der Waals surface area contributed by atoms with Gasteiger partial charge >= 0.3 is 0 Å². The summed E-state index contributed by atoms with van der Waals surface area (Å²) in [5, 5.41) is 16.0. The summed E-state index contributed by atoms with van der Waals surface area (Å²) in [4.78, 5) is 30.2. The number of hydrogen-bond acceptors (Lipinski definition) is 5. The first-order valence-electron chi connectivity index (χ1n) is 10.3. The molecule has 1 amide bonds. The minimum absolute atomic E-state index is 0.0771. The molecule has 33 heavy (non-hydrogen) atoms. The molecule has 5 rings (SSSR count). The third-order valence-corrected chi connectivity index (χ3v) is 6.06.